The van der Waals surface area contributed by atoms with E-state index in [2.05, 4.69) is 5.32 Å². The highest BCUT2D eigenvalue weighted by atomic mass is 16.4. The van der Waals surface area contributed by atoms with E-state index in [1.165, 1.54) is 4.90 Å². The highest BCUT2D eigenvalue weighted by Crippen LogP contribution is 2.23. The Morgan fingerprint density at radius 1 is 1.25 bits per heavy atom. The maximum atomic E-state index is 12.1. The third-order valence-corrected chi connectivity index (χ3v) is 3.57. The Morgan fingerprint density at radius 3 is 2.35 bits per heavy atom. The Balaban J connectivity index is 2.13. The molecule has 6 nitrogen and oxygen atoms in total. The maximum Gasteiger partial charge on any atom is 0.407 e. The average molecular weight is 277 g/mol. The molecule has 1 aromatic carbocycles. The second-order valence-corrected chi connectivity index (χ2v) is 4.76. The number of para-hydroxylation sites is 1. The van der Waals surface area contributed by atoms with Gasteiger partial charge in [-0.1, -0.05) is 18.2 Å². The van der Waals surface area contributed by atoms with Crippen LogP contribution in [0.5, 0.6) is 0 Å². The molecule has 2 N–H and O–H groups in total. The maximum absolute atomic E-state index is 12.1. The lowest BCUT2D eigenvalue weighted by molar-refractivity contribution is 0.132. The minimum absolute atomic E-state index is 0.0212. The van der Waals surface area contributed by atoms with Crippen molar-refractivity contribution in [2.75, 3.05) is 25.0 Å². The van der Waals surface area contributed by atoms with Crippen molar-refractivity contribution in [2.24, 2.45) is 0 Å². The number of carbonyl (C=O) groups excluding carboxylic acids is 1. The summed E-state index contributed by atoms with van der Waals surface area (Å²) in [6.07, 6.45) is 0.401. The number of amides is 3. The molecule has 1 aliphatic heterocycles. The largest absolute Gasteiger partial charge is 0.465 e. The lowest BCUT2D eigenvalue weighted by Crippen LogP contribution is -2.51. The van der Waals surface area contributed by atoms with Crippen LogP contribution >= 0.6 is 0 Å². The number of piperidine rings is 1. The summed E-state index contributed by atoms with van der Waals surface area (Å²) < 4.78 is 0. The first kappa shape index (κ1) is 14.2. The van der Waals surface area contributed by atoms with E-state index in [1.54, 1.807) is 11.9 Å². The van der Waals surface area contributed by atoms with E-state index >= 15 is 0 Å². The monoisotopic (exact) mass is 277 g/mol. The van der Waals surface area contributed by atoms with Gasteiger partial charge in [0.2, 0.25) is 0 Å². The highest BCUT2D eigenvalue weighted by molar-refractivity contribution is 5.92. The fourth-order valence-corrected chi connectivity index (χ4v) is 2.52. The molecule has 0 unspecified atom stereocenters. The van der Waals surface area contributed by atoms with Crippen molar-refractivity contribution in [3.05, 3.63) is 30.3 Å². The Kier molecular flexibility index (Phi) is 4.45. The molecule has 1 aliphatic rings. The van der Waals surface area contributed by atoms with Crippen LogP contribution in [0.3, 0.4) is 0 Å². The number of nitrogens with one attached hydrogen (secondary N) is 1. The number of nitrogens with zero attached hydrogens (tertiary/aromatic N) is 2. The van der Waals surface area contributed by atoms with Crippen molar-refractivity contribution in [1.82, 2.24) is 10.2 Å². The van der Waals surface area contributed by atoms with Gasteiger partial charge in [0.25, 0.3) is 0 Å². The Morgan fingerprint density at radius 2 is 1.85 bits per heavy atom. The van der Waals surface area contributed by atoms with Gasteiger partial charge in [0.15, 0.2) is 0 Å². The number of anilines is 1. The minimum atomic E-state index is -0.894. The molecule has 2 rings (SSSR count). The fourth-order valence-electron chi connectivity index (χ4n) is 2.52. The van der Waals surface area contributed by atoms with E-state index in [9.17, 15) is 9.59 Å². The predicted molar refractivity (Wildman–Crippen MR) is 76.0 cm³/mol. The smallest absolute Gasteiger partial charge is 0.407 e. The lowest BCUT2D eigenvalue weighted by atomic mass is 10.0. The number of benzene rings is 1. The van der Waals surface area contributed by atoms with Crippen LogP contribution < -0.4 is 10.2 Å². The van der Waals surface area contributed by atoms with E-state index in [4.69, 9.17) is 5.11 Å². The summed E-state index contributed by atoms with van der Waals surface area (Å²) >= 11 is 0. The van der Waals surface area contributed by atoms with Gasteiger partial charge in [-0.15, -0.1) is 0 Å². The molecule has 1 fully saturated rings. The first-order valence-corrected chi connectivity index (χ1v) is 6.67. The minimum Gasteiger partial charge on any atom is -0.465 e. The molecule has 1 heterocycles. The predicted octanol–water partition coefficient (Wildman–Crippen LogP) is 1.97. The van der Waals surface area contributed by atoms with Crippen molar-refractivity contribution in [1.29, 1.82) is 0 Å². The molecule has 0 bridgehead atoms. The normalized spacial score (nSPS) is 15.8. The van der Waals surface area contributed by atoms with Crippen LogP contribution in [0.1, 0.15) is 12.8 Å². The zero-order valence-corrected chi connectivity index (χ0v) is 11.5. The molecule has 0 aromatic heterocycles. The quantitative estimate of drug-likeness (QED) is 0.868. The van der Waals surface area contributed by atoms with Crippen molar-refractivity contribution < 1.29 is 14.7 Å². The van der Waals surface area contributed by atoms with E-state index in [0.29, 0.717) is 25.9 Å². The van der Waals surface area contributed by atoms with Gasteiger partial charge in [-0.3, -0.25) is 4.90 Å². The summed E-state index contributed by atoms with van der Waals surface area (Å²) in [6.45, 7) is 0.917. The zero-order valence-electron chi connectivity index (χ0n) is 11.5. The molecule has 0 saturated carbocycles. The average Bonchev–Trinajstić information content (AvgIpc) is 2.49. The molecule has 1 aromatic rings. The molecule has 108 valence electrons. The Hall–Kier alpha value is -2.24. The van der Waals surface area contributed by atoms with Crippen molar-refractivity contribution in [2.45, 2.75) is 18.9 Å². The summed E-state index contributed by atoms with van der Waals surface area (Å²) in [7, 11) is 1.60. The van der Waals surface area contributed by atoms with Gasteiger partial charge in [0.1, 0.15) is 0 Å². The lowest BCUT2D eigenvalue weighted by Gasteiger charge is -2.37. The summed E-state index contributed by atoms with van der Waals surface area (Å²) in [4.78, 5) is 26.1. The second-order valence-electron chi connectivity index (χ2n) is 4.76. The van der Waals surface area contributed by atoms with Crippen molar-refractivity contribution in [3.63, 3.8) is 0 Å². The molecule has 1 saturated heterocycles. The molecular weight excluding hydrogens is 258 g/mol. The Bertz CT molecular complexity index is 470. The first-order chi connectivity index (χ1) is 9.63. The van der Waals surface area contributed by atoms with Crippen LogP contribution in [-0.4, -0.2) is 48.3 Å². The van der Waals surface area contributed by atoms with Gasteiger partial charge in [-0.25, -0.2) is 9.59 Å². The number of urea groups is 1. The van der Waals surface area contributed by atoms with Crippen LogP contribution in [-0.2, 0) is 0 Å². The number of hydrogen-bond acceptors (Lipinski definition) is 2. The van der Waals surface area contributed by atoms with Crippen molar-refractivity contribution >= 4 is 17.8 Å². The van der Waals surface area contributed by atoms with Crippen LogP contribution in [0.4, 0.5) is 15.3 Å². The third kappa shape index (κ3) is 3.01. The molecule has 0 spiro atoms. The molecule has 0 atom stereocenters. The Labute approximate surface area is 118 Å². The number of likely N-dealkylation sites (tertiary alicyclic amines) is 1. The molecular formula is C14H19N3O3. The SMILES string of the molecule is CNC(=O)N(c1ccccc1)C1CCN(C(=O)O)CC1. The number of carbonyl (C=O) groups is 2. The third-order valence-electron chi connectivity index (χ3n) is 3.57. The summed E-state index contributed by atoms with van der Waals surface area (Å²) in [5, 5.41) is 11.6. The van der Waals surface area contributed by atoms with Crippen LogP contribution in [0, 0.1) is 0 Å². The van der Waals surface area contributed by atoms with E-state index in [0.717, 1.165) is 5.69 Å². The van der Waals surface area contributed by atoms with Gasteiger partial charge < -0.3 is 15.3 Å². The summed E-state index contributed by atoms with van der Waals surface area (Å²) in [5.74, 6) is 0. The molecule has 0 radical (unpaired) electrons. The highest BCUT2D eigenvalue weighted by Gasteiger charge is 2.30. The molecule has 0 aliphatic carbocycles. The molecule has 3 amide bonds. The summed E-state index contributed by atoms with van der Waals surface area (Å²) in [5.41, 5.74) is 0.834. The van der Waals surface area contributed by atoms with Gasteiger partial charge in [0, 0.05) is 31.9 Å². The topological polar surface area (TPSA) is 72.9 Å². The van der Waals surface area contributed by atoms with Gasteiger partial charge in [-0.05, 0) is 25.0 Å². The fraction of sp³-hybridized carbons (Fsp3) is 0.429. The molecule has 6 heteroatoms. The van der Waals surface area contributed by atoms with E-state index < -0.39 is 6.09 Å². The number of rotatable bonds is 2. The second kappa shape index (κ2) is 6.27. The molecule has 20 heavy (non-hydrogen) atoms. The van der Waals surface area contributed by atoms with Crippen LogP contribution in [0.15, 0.2) is 30.3 Å². The summed E-state index contributed by atoms with van der Waals surface area (Å²) in [6, 6.07) is 9.31. The van der Waals surface area contributed by atoms with Gasteiger partial charge in [0.05, 0.1) is 0 Å². The van der Waals surface area contributed by atoms with E-state index in [-0.39, 0.29) is 12.1 Å². The number of carboxylic acid groups (broad SMARTS) is 1. The first-order valence-electron chi connectivity index (χ1n) is 6.67. The van der Waals surface area contributed by atoms with E-state index in [1.807, 2.05) is 30.3 Å². The number of hydrogen-bond donors (Lipinski definition) is 2. The standard InChI is InChI=1S/C14H19N3O3/c1-15-13(18)17(11-5-3-2-4-6-11)12-7-9-16(10-8-12)14(19)20/h2-6,12H,7-10H2,1H3,(H,15,18)(H,19,20). The van der Waals surface area contributed by atoms with Crippen LogP contribution in [0.25, 0.3) is 0 Å². The zero-order chi connectivity index (χ0) is 14.5. The van der Waals surface area contributed by atoms with Gasteiger partial charge >= 0.3 is 12.1 Å². The van der Waals surface area contributed by atoms with Crippen molar-refractivity contribution in [3.8, 4) is 0 Å². The van der Waals surface area contributed by atoms with Crippen LogP contribution in [0.2, 0.25) is 0 Å². The van der Waals surface area contributed by atoms with Gasteiger partial charge in [-0.2, -0.15) is 0 Å².